The van der Waals surface area contributed by atoms with Crippen molar-refractivity contribution in [3.05, 3.63) is 35.7 Å². The molecule has 1 aliphatic rings. The second-order valence-electron chi connectivity index (χ2n) is 6.78. The van der Waals surface area contributed by atoms with Crippen LogP contribution in [0.3, 0.4) is 0 Å². The van der Waals surface area contributed by atoms with Crippen molar-refractivity contribution in [3.8, 4) is 11.5 Å². The molecule has 2 rings (SSSR count). The fraction of sp³-hybridized carbons (Fsp3) is 0.500. The number of benzene rings is 1. The van der Waals surface area contributed by atoms with Gasteiger partial charge >= 0.3 is 5.97 Å². The maximum absolute atomic E-state index is 11.6. The molecule has 0 bridgehead atoms. The number of carboxylic acids is 1. The van der Waals surface area contributed by atoms with Crippen molar-refractivity contribution in [2.24, 2.45) is 11.6 Å². The number of hydrazine groups is 1. The van der Waals surface area contributed by atoms with E-state index in [1.807, 2.05) is 19.0 Å². The summed E-state index contributed by atoms with van der Waals surface area (Å²) in [4.78, 5) is 13.6. The minimum atomic E-state index is -1.22. The standard InChI is InChI=1S/C18H28BN4O5/c1-19-5-4-12-2-3-15(16(17(12)25)18(26)27)28-14-9-22(10-14)8-13(11-24)23(21)7-6-20/h2-3,6-7,13-14,24-25H,4-5,8-11,20-21H2,1H3,(H,26,27)/b7-6-. The molecule has 9 nitrogen and oxygen atoms in total. The molecule has 1 aromatic rings. The number of aromatic hydroxyl groups is 1. The van der Waals surface area contributed by atoms with E-state index in [1.165, 1.54) is 17.4 Å². The lowest BCUT2D eigenvalue weighted by Gasteiger charge is -2.41. The molecule has 1 fully saturated rings. The number of nitrogens with zero attached hydrogens (tertiary/aromatic N) is 2. The van der Waals surface area contributed by atoms with E-state index >= 15 is 0 Å². The summed E-state index contributed by atoms with van der Waals surface area (Å²) in [6.45, 7) is 3.41. The van der Waals surface area contributed by atoms with Gasteiger partial charge < -0.3 is 30.8 Å². The quantitative estimate of drug-likeness (QED) is 0.197. The number of aromatic carboxylic acids is 1. The minimum Gasteiger partial charge on any atom is -0.507 e. The number of carboxylic acid groups (broad SMARTS) is 1. The van der Waals surface area contributed by atoms with Gasteiger partial charge in [0.15, 0.2) is 0 Å². The van der Waals surface area contributed by atoms with Crippen molar-refractivity contribution in [3.63, 3.8) is 0 Å². The number of hydrogen-bond donors (Lipinski definition) is 5. The van der Waals surface area contributed by atoms with Crippen LogP contribution in [-0.2, 0) is 6.42 Å². The summed E-state index contributed by atoms with van der Waals surface area (Å²) in [5.41, 5.74) is 5.68. The van der Waals surface area contributed by atoms with Crippen molar-refractivity contribution in [2.75, 3.05) is 26.2 Å². The molecule has 1 atom stereocenters. The van der Waals surface area contributed by atoms with E-state index in [0.717, 1.165) is 6.32 Å². The molecule has 1 heterocycles. The zero-order chi connectivity index (χ0) is 20.7. The second-order valence-corrected chi connectivity index (χ2v) is 6.78. The first-order valence-electron chi connectivity index (χ1n) is 9.18. The van der Waals surface area contributed by atoms with Gasteiger partial charge in [-0.25, -0.2) is 10.6 Å². The summed E-state index contributed by atoms with van der Waals surface area (Å²) in [6, 6.07) is 2.99. The minimum absolute atomic E-state index is 0.128. The van der Waals surface area contributed by atoms with Crippen molar-refractivity contribution in [2.45, 2.75) is 31.7 Å². The molecular formula is C18H28BN4O5. The summed E-state index contributed by atoms with van der Waals surface area (Å²) in [7, 11) is 1.96. The lowest BCUT2D eigenvalue weighted by molar-refractivity contribution is -0.00250. The lowest BCUT2D eigenvalue weighted by Crippen LogP contribution is -2.58. The third kappa shape index (κ3) is 5.31. The lowest BCUT2D eigenvalue weighted by atomic mass is 9.75. The monoisotopic (exact) mass is 391 g/mol. The number of ether oxygens (including phenoxy) is 1. The zero-order valence-electron chi connectivity index (χ0n) is 16.0. The molecule has 153 valence electrons. The SMILES string of the molecule is C[B]CCc1ccc(OC2CN(CC(CO)N(N)/C=C\N)C2)c(C(=O)O)c1O. The third-order valence-corrected chi connectivity index (χ3v) is 4.72. The van der Waals surface area contributed by atoms with E-state index in [4.69, 9.17) is 16.3 Å². The molecule has 0 aromatic heterocycles. The van der Waals surface area contributed by atoms with E-state index < -0.39 is 5.97 Å². The highest BCUT2D eigenvalue weighted by Crippen LogP contribution is 2.33. The van der Waals surface area contributed by atoms with Crippen molar-refractivity contribution < 1.29 is 24.9 Å². The van der Waals surface area contributed by atoms with Crippen LogP contribution in [0.1, 0.15) is 15.9 Å². The molecule has 1 saturated heterocycles. The summed E-state index contributed by atoms with van der Waals surface area (Å²) < 4.78 is 5.80. The number of rotatable bonds is 11. The van der Waals surface area contributed by atoms with E-state index in [2.05, 4.69) is 0 Å². The molecule has 0 saturated carbocycles. The largest absolute Gasteiger partial charge is 0.507 e. The summed E-state index contributed by atoms with van der Waals surface area (Å²) in [6.07, 6.45) is 3.88. The number of hydrogen-bond acceptors (Lipinski definition) is 8. The molecule has 1 aliphatic heterocycles. The van der Waals surface area contributed by atoms with Crippen LogP contribution in [0, 0.1) is 0 Å². The summed E-state index contributed by atoms with van der Waals surface area (Å²) >= 11 is 0. The number of aryl methyl sites for hydroxylation is 1. The predicted octanol–water partition coefficient (Wildman–Crippen LogP) is -0.167. The Morgan fingerprint density at radius 3 is 2.79 bits per heavy atom. The Kier molecular flexibility index (Phi) is 7.97. The van der Waals surface area contributed by atoms with E-state index in [0.29, 0.717) is 31.6 Å². The van der Waals surface area contributed by atoms with Crippen LogP contribution in [0.25, 0.3) is 0 Å². The Morgan fingerprint density at radius 1 is 1.50 bits per heavy atom. The van der Waals surface area contributed by atoms with Crippen molar-refractivity contribution in [1.29, 1.82) is 0 Å². The number of nitrogens with two attached hydrogens (primary N) is 2. The van der Waals surface area contributed by atoms with Crippen LogP contribution in [0.5, 0.6) is 11.5 Å². The van der Waals surface area contributed by atoms with E-state index in [-0.39, 0.29) is 35.8 Å². The molecule has 1 aromatic carbocycles. The molecule has 28 heavy (non-hydrogen) atoms. The van der Waals surface area contributed by atoms with Gasteiger partial charge in [-0.2, -0.15) is 0 Å². The fourth-order valence-corrected chi connectivity index (χ4v) is 3.11. The van der Waals surface area contributed by atoms with Gasteiger partial charge in [-0.3, -0.25) is 4.90 Å². The van der Waals surface area contributed by atoms with Gasteiger partial charge in [0.2, 0.25) is 0 Å². The second kappa shape index (κ2) is 10.2. The molecule has 0 spiro atoms. The smallest absolute Gasteiger partial charge is 0.343 e. The summed E-state index contributed by atoms with van der Waals surface area (Å²) in [5, 5.41) is 30.6. The van der Waals surface area contributed by atoms with Gasteiger partial charge in [0.1, 0.15) is 30.4 Å². The van der Waals surface area contributed by atoms with Gasteiger partial charge in [0, 0.05) is 32.0 Å². The molecule has 0 aliphatic carbocycles. The number of aliphatic hydroxyl groups excluding tert-OH is 1. The molecule has 1 radical (unpaired) electrons. The number of aliphatic hydroxyl groups is 1. The molecule has 0 amide bonds. The van der Waals surface area contributed by atoms with Gasteiger partial charge in [0.25, 0.3) is 0 Å². The number of carbonyl (C=O) groups is 1. The highest BCUT2D eigenvalue weighted by atomic mass is 16.5. The van der Waals surface area contributed by atoms with Crippen LogP contribution in [0.15, 0.2) is 24.5 Å². The zero-order valence-corrected chi connectivity index (χ0v) is 16.0. The van der Waals surface area contributed by atoms with Crippen LogP contribution >= 0.6 is 0 Å². The third-order valence-electron chi connectivity index (χ3n) is 4.72. The number of likely N-dealkylation sites (tertiary alicyclic amines) is 1. The van der Waals surface area contributed by atoms with Gasteiger partial charge in [-0.1, -0.05) is 19.2 Å². The van der Waals surface area contributed by atoms with E-state index in [9.17, 15) is 20.1 Å². The van der Waals surface area contributed by atoms with Gasteiger partial charge in [-0.15, -0.1) is 0 Å². The van der Waals surface area contributed by atoms with Crippen LogP contribution < -0.4 is 16.3 Å². The molecule has 1 unspecified atom stereocenters. The highest BCUT2D eigenvalue weighted by Gasteiger charge is 2.32. The summed E-state index contributed by atoms with van der Waals surface area (Å²) in [5.74, 6) is 4.49. The Balaban J connectivity index is 1.98. The Morgan fingerprint density at radius 2 is 2.21 bits per heavy atom. The van der Waals surface area contributed by atoms with Gasteiger partial charge in [-0.05, 0) is 18.1 Å². The van der Waals surface area contributed by atoms with Crippen molar-refractivity contribution in [1.82, 2.24) is 9.91 Å². The average Bonchev–Trinajstić information content (AvgIpc) is 2.62. The fourth-order valence-electron chi connectivity index (χ4n) is 3.11. The first-order valence-corrected chi connectivity index (χ1v) is 9.18. The average molecular weight is 391 g/mol. The number of phenols is 1. The highest BCUT2D eigenvalue weighted by molar-refractivity contribution is 6.33. The van der Waals surface area contributed by atoms with Crippen LogP contribution in [0.2, 0.25) is 13.1 Å². The van der Waals surface area contributed by atoms with Crippen LogP contribution in [0.4, 0.5) is 0 Å². The first-order chi connectivity index (χ1) is 13.4. The molecule has 10 heteroatoms. The normalized spacial score (nSPS) is 16.0. The predicted molar refractivity (Wildman–Crippen MR) is 106 cm³/mol. The first kappa shape index (κ1) is 21.9. The topological polar surface area (TPSA) is 146 Å². The molecular weight excluding hydrogens is 363 g/mol. The molecule has 7 N–H and O–H groups in total. The van der Waals surface area contributed by atoms with Gasteiger partial charge in [0.05, 0.1) is 12.6 Å². The Hall–Kier alpha value is -2.43. The maximum Gasteiger partial charge on any atom is 0.343 e. The van der Waals surface area contributed by atoms with Crippen molar-refractivity contribution >= 4 is 13.2 Å². The Bertz CT molecular complexity index is 697. The van der Waals surface area contributed by atoms with Crippen LogP contribution in [-0.4, -0.2) is 76.9 Å². The Labute approximate surface area is 165 Å². The maximum atomic E-state index is 11.6. The van der Waals surface area contributed by atoms with E-state index in [1.54, 1.807) is 12.1 Å².